The Bertz CT molecular complexity index is 1180. The molecule has 0 saturated heterocycles. The maximum atomic E-state index is 13.0. The lowest BCUT2D eigenvalue weighted by Gasteiger charge is -2.22. The summed E-state index contributed by atoms with van der Waals surface area (Å²) in [7, 11) is 1.21. The number of nitrogens with one attached hydrogen (secondary N) is 3. The van der Waals surface area contributed by atoms with Crippen molar-refractivity contribution < 1.29 is 43.3 Å². The molecule has 0 aliphatic carbocycles. The van der Waals surface area contributed by atoms with Gasteiger partial charge in [0.15, 0.2) is 0 Å². The molecule has 1 rings (SSSR count). The first-order chi connectivity index (χ1) is 19.4. The molecule has 0 saturated carbocycles. The topological polar surface area (TPSA) is 199 Å². The molecule has 3 amide bonds. The summed E-state index contributed by atoms with van der Waals surface area (Å²) in [5.41, 5.74) is -0.893. The van der Waals surface area contributed by atoms with Crippen LogP contribution in [0.25, 0.3) is 0 Å². The number of nitrogens with zero attached hydrogens (tertiary/aromatic N) is 1. The number of aromatic nitrogens is 1. The van der Waals surface area contributed by atoms with Crippen molar-refractivity contribution in [1.29, 1.82) is 0 Å². The molecule has 0 aromatic carbocycles. The standard InChI is InChI=1S/C27H38N4O10/c1-5-17(3)24(27(39)40-4)30-21(33)16-31-15-9-11-19(26(31)38)29-25(37)18(28-20(32)13-14-22(34)35)10-7-8-12-23(36)41-6-2/h8-9,11-12,15,17-18,24H,5-7,10,13-14,16H2,1-4H3,(H,28,32)(H,29,37)(H,30,33)(H,34,35)/t17-,18+,24+/m1/s1. The normalized spacial score (nSPS) is 13.0. The van der Waals surface area contributed by atoms with E-state index in [2.05, 4.69) is 16.0 Å². The molecule has 0 fully saturated rings. The average Bonchev–Trinajstić information content (AvgIpc) is 2.93. The number of amides is 3. The van der Waals surface area contributed by atoms with Gasteiger partial charge in [0.05, 0.1) is 20.1 Å². The predicted molar refractivity (Wildman–Crippen MR) is 147 cm³/mol. The SMILES string of the molecule is CCOC(=O)C=CCC[C@H](NC(=O)CCC(=O)O)C(=O)Nc1cccn(CC(=O)N[C@H](C(=O)OC)[C@H](C)CC)c1=O. The van der Waals surface area contributed by atoms with Crippen molar-refractivity contribution in [2.24, 2.45) is 5.92 Å². The van der Waals surface area contributed by atoms with E-state index in [9.17, 15) is 33.6 Å². The second-order valence-corrected chi connectivity index (χ2v) is 9.04. The number of pyridine rings is 1. The molecule has 1 aromatic heterocycles. The number of hydrogen-bond donors (Lipinski definition) is 4. The number of hydrogen-bond acceptors (Lipinski definition) is 9. The second kappa shape index (κ2) is 18.0. The van der Waals surface area contributed by atoms with Crippen molar-refractivity contribution in [1.82, 2.24) is 15.2 Å². The van der Waals surface area contributed by atoms with Crippen molar-refractivity contribution in [3.63, 3.8) is 0 Å². The number of esters is 2. The van der Waals surface area contributed by atoms with Gasteiger partial charge in [-0.2, -0.15) is 0 Å². The number of carboxylic acid groups (broad SMARTS) is 1. The van der Waals surface area contributed by atoms with Crippen LogP contribution in [0, 0.1) is 5.92 Å². The molecule has 4 N–H and O–H groups in total. The van der Waals surface area contributed by atoms with Crippen LogP contribution in [0.2, 0.25) is 0 Å². The Morgan fingerprint density at radius 2 is 1.78 bits per heavy atom. The molecule has 1 heterocycles. The summed E-state index contributed by atoms with van der Waals surface area (Å²) in [5, 5.41) is 16.3. The Labute approximate surface area is 237 Å². The molecule has 14 nitrogen and oxygen atoms in total. The highest BCUT2D eigenvalue weighted by Gasteiger charge is 2.27. The Balaban J connectivity index is 3.03. The first-order valence-corrected chi connectivity index (χ1v) is 13.1. The first-order valence-electron chi connectivity index (χ1n) is 13.1. The Morgan fingerprint density at radius 3 is 2.39 bits per heavy atom. The van der Waals surface area contributed by atoms with Crippen LogP contribution in [0.5, 0.6) is 0 Å². The van der Waals surface area contributed by atoms with Crippen molar-refractivity contribution in [3.05, 3.63) is 40.8 Å². The van der Waals surface area contributed by atoms with Crippen LogP contribution in [0.4, 0.5) is 5.69 Å². The molecule has 1 aromatic rings. The number of methoxy groups -OCH3 is 1. The molecule has 41 heavy (non-hydrogen) atoms. The summed E-state index contributed by atoms with van der Waals surface area (Å²) in [6.45, 7) is 5.01. The number of rotatable bonds is 17. The molecule has 14 heteroatoms. The molecule has 226 valence electrons. The summed E-state index contributed by atoms with van der Waals surface area (Å²) in [4.78, 5) is 85.2. The van der Waals surface area contributed by atoms with Crippen LogP contribution in [0.1, 0.15) is 52.9 Å². The second-order valence-electron chi connectivity index (χ2n) is 9.04. The molecule has 0 unspecified atom stereocenters. The Kier molecular flexibility index (Phi) is 15.1. The fourth-order valence-corrected chi connectivity index (χ4v) is 3.53. The molecule has 0 radical (unpaired) electrons. The maximum absolute atomic E-state index is 13.0. The summed E-state index contributed by atoms with van der Waals surface area (Å²) < 4.78 is 10.6. The van der Waals surface area contributed by atoms with Gasteiger partial charge in [-0.3, -0.25) is 24.0 Å². The number of carbonyl (C=O) groups excluding carboxylic acids is 5. The van der Waals surface area contributed by atoms with E-state index in [0.29, 0.717) is 6.42 Å². The van der Waals surface area contributed by atoms with Crippen LogP contribution < -0.4 is 21.5 Å². The quantitative estimate of drug-likeness (QED) is 0.151. The third-order valence-corrected chi connectivity index (χ3v) is 5.96. The zero-order valence-corrected chi connectivity index (χ0v) is 23.6. The Morgan fingerprint density at radius 1 is 1.07 bits per heavy atom. The fraction of sp³-hybridized carbons (Fsp3) is 0.519. The van der Waals surface area contributed by atoms with Crippen LogP contribution in [-0.2, 0) is 44.8 Å². The van der Waals surface area contributed by atoms with E-state index in [4.69, 9.17) is 14.6 Å². The minimum atomic E-state index is -1.19. The number of allylic oxidation sites excluding steroid dienone is 1. The third kappa shape index (κ3) is 12.5. The van der Waals surface area contributed by atoms with Crippen LogP contribution in [-0.4, -0.2) is 71.1 Å². The lowest BCUT2D eigenvalue weighted by molar-refractivity contribution is -0.146. The molecule has 0 aliphatic rings. The maximum Gasteiger partial charge on any atom is 0.330 e. The van der Waals surface area contributed by atoms with Gasteiger partial charge >= 0.3 is 17.9 Å². The number of carbonyl (C=O) groups is 6. The van der Waals surface area contributed by atoms with Gasteiger partial charge in [0.1, 0.15) is 24.3 Å². The zero-order chi connectivity index (χ0) is 30.9. The number of ether oxygens (including phenoxy) is 2. The van der Waals surface area contributed by atoms with E-state index in [1.54, 1.807) is 13.8 Å². The minimum Gasteiger partial charge on any atom is -0.481 e. The van der Waals surface area contributed by atoms with Crippen LogP contribution in [0.15, 0.2) is 35.3 Å². The largest absolute Gasteiger partial charge is 0.481 e. The number of anilines is 1. The summed E-state index contributed by atoms with van der Waals surface area (Å²) in [6.07, 6.45) is 3.94. The van der Waals surface area contributed by atoms with Crippen molar-refractivity contribution in [2.75, 3.05) is 19.0 Å². The van der Waals surface area contributed by atoms with Gasteiger partial charge in [0.2, 0.25) is 17.7 Å². The lowest BCUT2D eigenvalue weighted by Crippen LogP contribution is -2.47. The molecular weight excluding hydrogens is 540 g/mol. The lowest BCUT2D eigenvalue weighted by atomic mass is 9.99. The van der Waals surface area contributed by atoms with Gasteiger partial charge in [0.25, 0.3) is 5.56 Å². The first kappa shape index (κ1) is 34.5. The van der Waals surface area contributed by atoms with Gasteiger partial charge in [-0.1, -0.05) is 26.3 Å². The molecule has 0 spiro atoms. The van der Waals surface area contributed by atoms with Crippen molar-refractivity contribution in [3.8, 4) is 0 Å². The highest BCUT2D eigenvalue weighted by molar-refractivity contribution is 5.97. The van der Waals surface area contributed by atoms with Gasteiger partial charge in [-0.25, -0.2) is 9.59 Å². The minimum absolute atomic E-state index is 0.0223. The monoisotopic (exact) mass is 578 g/mol. The fourth-order valence-electron chi connectivity index (χ4n) is 3.53. The van der Waals surface area contributed by atoms with Crippen molar-refractivity contribution >= 4 is 41.3 Å². The molecular formula is C27H38N4O10. The third-order valence-electron chi connectivity index (χ3n) is 5.96. The highest BCUT2D eigenvalue weighted by atomic mass is 16.5. The average molecular weight is 579 g/mol. The number of carboxylic acids is 1. The van der Waals surface area contributed by atoms with E-state index in [-0.39, 0.29) is 37.5 Å². The van der Waals surface area contributed by atoms with Gasteiger partial charge < -0.3 is 35.1 Å². The van der Waals surface area contributed by atoms with Gasteiger partial charge in [0, 0.05) is 18.7 Å². The summed E-state index contributed by atoms with van der Waals surface area (Å²) >= 11 is 0. The van der Waals surface area contributed by atoms with Gasteiger partial charge in [-0.15, -0.1) is 0 Å². The molecule has 0 aliphatic heterocycles. The summed E-state index contributed by atoms with van der Waals surface area (Å²) in [5.74, 6) is -4.67. The van der Waals surface area contributed by atoms with Gasteiger partial charge in [-0.05, 0) is 37.8 Å². The van der Waals surface area contributed by atoms with E-state index >= 15 is 0 Å². The van der Waals surface area contributed by atoms with E-state index < -0.39 is 66.2 Å². The highest BCUT2D eigenvalue weighted by Crippen LogP contribution is 2.10. The Hall–Kier alpha value is -4.49. The van der Waals surface area contributed by atoms with Crippen LogP contribution in [0.3, 0.4) is 0 Å². The van der Waals surface area contributed by atoms with E-state index in [1.807, 2.05) is 6.92 Å². The zero-order valence-electron chi connectivity index (χ0n) is 23.6. The van der Waals surface area contributed by atoms with Crippen molar-refractivity contribution in [2.45, 2.75) is 71.5 Å². The summed E-state index contributed by atoms with van der Waals surface area (Å²) in [6, 6.07) is 0.671. The molecule has 0 bridgehead atoms. The number of aliphatic carboxylic acids is 1. The van der Waals surface area contributed by atoms with Crippen LogP contribution >= 0.6 is 0 Å². The van der Waals surface area contributed by atoms with E-state index in [1.165, 1.54) is 37.6 Å². The smallest absolute Gasteiger partial charge is 0.330 e. The van der Waals surface area contributed by atoms with E-state index in [0.717, 1.165) is 4.57 Å². The molecule has 3 atom stereocenters. The predicted octanol–water partition coefficient (Wildman–Crippen LogP) is 0.740.